The third-order valence-corrected chi connectivity index (χ3v) is 6.13. The molecule has 6 nitrogen and oxygen atoms in total. The van der Waals surface area contributed by atoms with Crippen LogP contribution in [0.2, 0.25) is 0 Å². The van der Waals surface area contributed by atoms with Gasteiger partial charge in [0.25, 0.3) is 0 Å². The van der Waals surface area contributed by atoms with Crippen LogP contribution in [0.3, 0.4) is 0 Å². The summed E-state index contributed by atoms with van der Waals surface area (Å²) in [7, 11) is 0. The van der Waals surface area contributed by atoms with Crippen LogP contribution in [-0.4, -0.2) is 31.9 Å². The van der Waals surface area contributed by atoms with Crippen LogP contribution in [0.4, 0.5) is 0 Å². The third kappa shape index (κ3) is 3.94. The van der Waals surface area contributed by atoms with Gasteiger partial charge in [0.2, 0.25) is 11.1 Å². The number of thioether (sulfide) groups is 1. The van der Waals surface area contributed by atoms with Gasteiger partial charge in [-0.25, -0.2) is 0 Å². The molecular weight excluding hydrogens is 370 g/mol. The van der Waals surface area contributed by atoms with Crippen molar-refractivity contribution in [2.45, 2.75) is 44.3 Å². The number of hydrogen-bond donors (Lipinski definition) is 1. The van der Waals surface area contributed by atoms with Crippen LogP contribution in [-0.2, 0) is 11.2 Å². The fourth-order valence-electron chi connectivity index (χ4n) is 3.56. The van der Waals surface area contributed by atoms with E-state index < -0.39 is 0 Å². The molecule has 28 heavy (non-hydrogen) atoms. The second kappa shape index (κ2) is 8.14. The summed E-state index contributed by atoms with van der Waals surface area (Å²) in [6.07, 6.45) is 3.16. The summed E-state index contributed by atoms with van der Waals surface area (Å²) in [5, 5.41) is 15.7. The van der Waals surface area contributed by atoms with E-state index in [4.69, 9.17) is 0 Å². The molecule has 0 fully saturated rings. The van der Waals surface area contributed by atoms with Crippen molar-refractivity contribution < 1.29 is 4.79 Å². The van der Waals surface area contributed by atoms with Gasteiger partial charge in [-0.3, -0.25) is 4.79 Å². The van der Waals surface area contributed by atoms with Crippen molar-refractivity contribution in [3.8, 4) is 5.69 Å². The second-order valence-electron chi connectivity index (χ2n) is 7.14. The number of aromatic nitrogens is 4. The van der Waals surface area contributed by atoms with E-state index in [1.165, 1.54) is 34.0 Å². The van der Waals surface area contributed by atoms with E-state index >= 15 is 0 Å². The number of nitrogens with zero attached hydrogens (tertiary/aromatic N) is 4. The molecule has 0 radical (unpaired) electrons. The van der Waals surface area contributed by atoms with Gasteiger partial charge in [-0.15, -0.1) is 5.10 Å². The Balaban J connectivity index is 1.41. The lowest BCUT2D eigenvalue weighted by Gasteiger charge is -2.26. The highest BCUT2D eigenvalue weighted by Crippen LogP contribution is 2.29. The van der Waals surface area contributed by atoms with Crippen molar-refractivity contribution in [3.63, 3.8) is 0 Å². The predicted molar refractivity (Wildman–Crippen MR) is 110 cm³/mol. The summed E-state index contributed by atoms with van der Waals surface area (Å²) < 4.78 is 1.68. The maximum absolute atomic E-state index is 12.6. The van der Waals surface area contributed by atoms with Gasteiger partial charge in [0.1, 0.15) is 0 Å². The Hall–Kier alpha value is -2.67. The van der Waals surface area contributed by atoms with Gasteiger partial charge >= 0.3 is 0 Å². The molecule has 1 amide bonds. The van der Waals surface area contributed by atoms with Gasteiger partial charge in [-0.05, 0) is 77.9 Å². The number of aryl methyl sites for hydroxylation is 3. The first-order valence-corrected chi connectivity index (χ1v) is 10.5. The molecule has 1 aromatic heterocycles. The molecule has 2 aromatic carbocycles. The van der Waals surface area contributed by atoms with Crippen molar-refractivity contribution in [1.29, 1.82) is 0 Å². The Morgan fingerprint density at radius 2 is 2.07 bits per heavy atom. The normalized spacial score (nSPS) is 15.9. The number of rotatable bonds is 5. The fraction of sp³-hybridized carbons (Fsp3) is 0.333. The Bertz CT molecular complexity index is 1000. The molecule has 0 aliphatic heterocycles. The molecule has 0 unspecified atom stereocenters. The van der Waals surface area contributed by atoms with E-state index in [1.54, 1.807) is 4.68 Å². The zero-order chi connectivity index (χ0) is 19.5. The lowest BCUT2D eigenvalue weighted by atomic mass is 9.88. The number of benzene rings is 2. The minimum Gasteiger partial charge on any atom is -0.349 e. The Morgan fingerprint density at radius 3 is 2.93 bits per heavy atom. The van der Waals surface area contributed by atoms with Gasteiger partial charge in [-0.1, -0.05) is 42.1 Å². The van der Waals surface area contributed by atoms with Gasteiger partial charge in [0, 0.05) is 0 Å². The van der Waals surface area contributed by atoms with Crippen LogP contribution in [0.25, 0.3) is 5.69 Å². The topological polar surface area (TPSA) is 72.7 Å². The fourth-order valence-corrected chi connectivity index (χ4v) is 4.26. The summed E-state index contributed by atoms with van der Waals surface area (Å²) in [4.78, 5) is 12.6. The zero-order valence-electron chi connectivity index (χ0n) is 16.1. The monoisotopic (exact) mass is 393 g/mol. The lowest BCUT2D eigenvalue weighted by Crippen LogP contribution is -2.32. The number of carbonyl (C=O) groups excluding carboxylic acids is 1. The van der Waals surface area contributed by atoms with Crippen molar-refractivity contribution >= 4 is 17.7 Å². The number of nitrogens with one attached hydrogen (secondary N) is 1. The van der Waals surface area contributed by atoms with E-state index in [2.05, 4.69) is 59.0 Å². The van der Waals surface area contributed by atoms with Crippen LogP contribution in [0.15, 0.2) is 47.6 Å². The van der Waals surface area contributed by atoms with Gasteiger partial charge < -0.3 is 5.32 Å². The molecule has 1 N–H and O–H groups in total. The first-order chi connectivity index (χ1) is 13.6. The smallest absolute Gasteiger partial charge is 0.230 e. The van der Waals surface area contributed by atoms with E-state index in [1.807, 2.05) is 18.2 Å². The summed E-state index contributed by atoms with van der Waals surface area (Å²) in [5.41, 5.74) is 5.88. The van der Waals surface area contributed by atoms with Gasteiger partial charge in [-0.2, -0.15) is 4.68 Å². The van der Waals surface area contributed by atoms with Crippen molar-refractivity contribution in [3.05, 3.63) is 64.7 Å². The standard InChI is InChI=1S/C21H23N5OS/c1-14-10-11-17(12-15(14)2)26-21(23-24-25-26)28-13-20(27)22-19-9-5-7-16-6-3-4-8-18(16)19/h3-4,6,8,10-12,19H,5,7,9,13H2,1-2H3,(H,22,27)/t19-/m0/s1. The molecule has 1 aliphatic carbocycles. The highest BCUT2D eigenvalue weighted by molar-refractivity contribution is 7.99. The quantitative estimate of drug-likeness (QED) is 0.671. The summed E-state index contributed by atoms with van der Waals surface area (Å²) in [6, 6.07) is 14.5. The average Bonchev–Trinajstić information content (AvgIpc) is 3.17. The van der Waals surface area contributed by atoms with Crippen LogP contribution >= 0.6 is 11.8 Å². The summed E-state index contributed by atoms with van der Waals surface area (Å²) >= 11 is 1.35. The van der Waals surface area contributed by atoms with Crippen molar-refractivity contribution in [2.75, 3.05) is 5.75 Å². The number of amides is 1. The molecule has 7 heteroatoms. The number of fused-ring (bicyclic) bond motifs is 1. The Morgan fingerprint density at radius 1 is 1.21 bits per heavy atom. The molecule has 0 saturated carbocycles. The first kappa shape index (κ1) is 18.7. The number of carbonyl (C=O) groups is 1. The van der Waals surface area contributed by atoms with Crippen molar-refractivity contribution in [2.24, 2.45) is 0 Å². The average molecular weight is 394 g/mol. The van der Waals surface area contributed by atoms with E-state index in [9.17, 15) is 4.79 Å². The Kier molecular flexibility index (Phi) is 5.43. The molecule has 4 rings (SSSR count). The zero-order valence-corrected chi connectivity index (χ0v) is 16.9. The van der Waals surface area contributed by atoms with Gasteiger partial charge in [0.05, 0.1) is 17.5 Å². The second-order valence-corrected chi connectivity index (χ2v) is 8.08. The number of hydrogen-bond acceptors (Lipinski definition) is 5. The van der Waals surface area contributed by atoms with Gasteiger partial charge in [0.15, 0.2) is 0 Å². The summed E-state index contributed by atoms with van der Waals surface area (Å²) in [5.74, 6) is 0.283. The number of tetrazole rings is 1. The summed E-state index contributed by atoms with van der Waals surface area (Å²) in [6.45, 7) is 4.13. The largest absolute Gasteiger partial charge is 0.349 e. The third-order valence-electron chi connectivity index (χ3n) is 5.21. The Labute approximate surface area is 168 Å². The molecule has 0 spiro atoms. The molecule has 0 saturated heterocycles. The molecule has 1 aliphatic rings. The maximum atomic E-state index is 12.6. The SMILES string of the molecule is Cc1ccc(-n2nnnc2SCC(=O)N[C@H]2CCCc3ccccc32)cc1C. The van der Waals surface area contributed by atoms with E-state index in [0.717, 1.165) is 24.9 Å². The minimum absolute atomic E-state index is 0.00124. The van der Waals surface area contributed by atoms with Crippen LogP contribution in [0, 0.1) is 13.8 Å². The lowest BCUT2D eigenvalue weighted by molar-refractivity contribution is -0.119. The molecule has 3 aromatic rings. The maximum Gasteiger partial charge on any atom is 0.230 e. The highest BCUT2D eigenvalue weighted by Gasteiger charge is 2.21. The van der Waals surface area contributed by atoms with Crippen LogP contribution in [0.5, 0.6) is 0 Å². The molecule has 1 heterocycles. The minimum atomic E-state index is 0.00124. The highest BCUT2D eigenvalue weighted by atomic mass is 32.2. The predicted octanol–water partition coefficient (Wildman–Crippen LogP) is 3.57. The van der Waals surface area contributed by atoms with E-state index in [0.29, 0.717) is 5.16 Å². The van der Waals surface area contributed by atoms with Crippen LogP contribution in [0.1, 0.15) is 41.1 Å². The van der Waals surface area contributed by atoms with Crippen molar-refractivity contribution in [1.82, 2.24) is 25.5 Å². The van der Waals surface area contributed by atoms with Crippen LogP contribution < -0.4 is 5.32 Å². The van der Waals surface area contributed by atoms with E-state index in [-0.39, 0.29) is 17.7 Å². The first-order valence-electron chi connectivity index (χ1n) is 9.48. The molecule has 144 valence electrons. The molecular formula is C21H23N5OS. The molecule has 1 atom stereocenters. The molecule has 0 bridgehead atoms.